The highest BCUT2D eigenvalue weighted by Crippen LogP contribution is 2.20. The molecule has 0 heterocycles. The second-order valence-corrected chi connectivity index (χ2v) is 5.25. The zero-order valence-electron chi connectivity index (χ0n) is 14.3. The van der Waals surface area contributed by atoms with Crippen LogP contribution in [-0.2, 0) is 14.4 Å². The first-order chi connectivity index (χ1) is 12.5. The molecule has 3 N–H and O–H groups in total. The topological polar surface area (TPSA) is 108 Å². The Morgan fingerprint density at radius 1 is 0.962 bits per heavy atom. The lowest BCUT2D eigenvalue weighted by Crippen LogP contribution is -2.55. The lowest BCUT2D eigenvalue weighted by Gasteiger charge is -2.26. The summed E-state index contributed by atoms with van der Waals surface area (Å²) in [5, 5.41) is 11.7. The zero-order valence-corrected chi connectivity index (χ0v) is 14.3. The number of hydroxylamine groups is 3. The third-order valence-electron chi connectivity index (χ3n) is 3.72. The number of carbonyl (C=O) groups is 3. The number of hydrogen-bond donors (Lipinski definition) is 3. The summed E-state index contributed by atoms with van der Waals surface area (Å²) < 4.78 is 0. The minimum absolute atomic E-state index is 0.214. The Bertz CT molecular complexity index is 761. The number of carbonyl (C=O) groups excluding carboxylic acids is 3. The van der Waals surface area contributed by atoms with Crippen LogP contribution in [0.3, 0.4) is 0 Å². The molecule has 0 saturated carbocycles. The lowest BCUT2D eigenvalue weighted by molar-refractivity contribution is -0.166. The summed E-state index contributed by atoms with van der Waals surface area (Å²) in [4.78, 5) is 41.3. The van der Waals surface area contributed by atoms with Gasteiger partial charge in [-0.15, -0.1) is 0 Å². The predicted molar refractivity (Wildman–Crippen MR) is 92.8 cm³/mol. The molecule has 3 amide bonds. The van der Waals surface area contributed by atoms with Crippen molar-refractivity contribution in [1.29, 1.82) is 0 Å². The SMILES string of the molecule is CNC(=O)C(C(=O)NO)N(OC)C(=O)c1ccc(-c2ccccc2)cc1. The molecule has 0 aromatic heterocycles. The first-order valence-electron chi connectivity index (χ1n) is 7.72. The molecular weight excluding hydrogens is 338 g/mol. The van der Waals surface area contributed by atoms with Gasteiger partial charge >= 0.3 is 0 Å². The first kappa shape index (κ1) is 19.1. The summed E-state index contributed by atoms with van der Waals surface area (Å²) in [6.07, 6.45) is 0. The zero-order chi connectivity index (χ0) is 19.1. The van der Waals surface area contributed by atoms with E-state index in [9.17, 15) is 14.4 Å². The molecule has 0 bridgehead atoms. The molecule has 0 aliphatic carbocycles. The Balaban J connectivity index is 2.29. The van der Waals surface area contributed by atoms with Crippen LogP contribution >= 0.6 is 0 Å². The Morgan fingerprint density at radius 2 is 1.54 bits per heavy atom. The standard InChI is InChI=1S/C18H19N3O5/c1-19-16(22)15(17(23)20-25)21(26-2)18(24)14-10-8-13(9-11-14)12-6-4-3-5-7-12/h3-11,15,25H,1-2H3,(H,19,22)(H,20,23). The predicted octanol–water partition coefficient (Wildman–Crippen LogP) is 0.977. The monoisotopic (exact) mass is 357 g/mol. The third-order valence-corrected chi connectivity index (χ3v) is 3.72. The fourth-order valence-corrected chi connectivity index (χ4v) is 2.40. The van der Waals surface area contributed by atoms with Gasteiger partial charge in [0.25, 0.3) is 17.7 Å². The average molecular weight is 357 g/mol. The van der Waals surface area contributed by atoms with E-state index in [1.807, 2.05) is 30.3 Å². The van der Waals surface area contributed by atoms with Gasteiger partial charge in [-0.05, 0) is 23.3 Å². The molecule has 0 saturated heterocycles. The number of rotatable bonds is 6. The van der Waals surface area contributed by atoms with Crippen LogP contribution in [0.5, 0.6) is 0 Å². The van der Waals surface area contributed by atoms with E-state index in [2.05, 4.69) is 5.32 Å². The number of benzene rings is 2. The Hall–Kier alpha value is -3.23. The molecule has 1 atom stereocenters. The van der Waals surface area contributed by atoms with E-state index in [1.54, 1.807) is 24.3 Å². The summed E-state index contributed by atoms with van der Waals surface area (Å²) in [7, 11) is 2.45. The molecular formula is C18H19N3O5. The van der Waals surface area contributed by atoms with E-state index in [-0.39, 0.29) is 5.56 Å². The van der Waals surface area contributed by atoms with Crippen LogP contribution in [0.1, 0.15) is 10.4 Å². The van der Waals surface area contributed by atoms with Crippen LogP contribution in [0.25, 0.3) is 11.1 Å². The summed E-state index contributed by atoms with van der Waals surface area (Å²) >= 11 is 0. The fourth-order valence-electron chi connectivity index (χ4n) is 2.40. The van der Waals surface area contributed by atoms with Gasteiger partial charge in [0, 0.05) is 12.6 Å². The number of amides is 3. The van der Waals surface area contributed by atoms with Gasteiger partial charge in [-0.1, -0.05) is 42.5 Å². The molecule has 0 aliphatic heterocycles. The molecule has 0 fully saturated rings. The van der Waals surface area contributed by atoms with Crippen LogP contribution in [-0.4, -0.2) is 48.2 Å². The van der Waals surface area contributed by atoms with Crippen LogP contribution in [0.4, 0.5) is 0 Å². The molecule has 1 unspecified atom stereocenters. The van der Waals surface area contributed by atoms with Gasteiger partial charge < -0.3 is 5.32 Å². The highest BCUT2D eigenvalue weighted by molar-refractivity contribution is 6.08. The van der Waals surface area contributed by atoms with Gasteiger partial charge in [-0.25, -0.2) is 5.48 Å². The summed E-state index contributed by atoms with van der Waals surface area (Å²) in [5.74, 6) is -2.61. The van der Waals surface area contributed by atoms with Crippen molar-refractivity contribution in [2.24, 2.45) is 0 Å². The number of hydrogen-bond acceptors (Lipinski definition) is 5. The van der Waals surface area contributed by atoms with Gasteiger partial charge in [-0.2, -0.15) is 5.06 Å². The molecule has 2 aromatic rings. The maximum atomic E-state index is 12.7. The highest BCUT2D eigenvalue weighted by atomic mass is 16.7. The Labute approximate surface area is 150 Å². The number of likely N-dealkylation sites (N-methyl/N-ethyl adjacent to an activating group) is 1. The van der Waals surface area contributed by atoms with E-state index >= 15 is 0 Å². The molecule has 136 valence electrons. The summed E-state index contributed by atoms with van der Waals surface area (Å²) in [6, 6.07) is 14.5. The van der Waals surface area contributed by atoms with Crippen molar-refractivity contribution in [2.45, 2.75) is 6.04 Å². The molecule has 0 radical (unpaired) electrons. The smallest absolute Gasteiger partial charge is 0.278 e. The normalized spacial score (nSPS) is 11.3. The van der Waals surface area contributed by atoms with E-state index in [0.29, 0.717) is 5.06 Å². The van der Waals surface area contributed by atoms with Crippen molar-refractivity contribution >= 4 is 17.7 Å². The first-order valence-corrected chi connectivity index (χ1v) is 7.72. The van der Waals surface area contributed by atoms with Crippen LogP contribution in [0.2, 0.25) is 0 Å². The molecule has 2 aromatic carbocycles. The van der Waals surface area contributed by atoms with E-state index in [0.717, 1.165) is 18.2 Å². The maximum Gasteiger partial charge on any atom is 0.278 e. The largest absolute Gasteiger partial charge is 0.357 e. The lowest BCUT2D eigenvalue weighted by atomic mass is 10.0. The Kier molecular flexibility index (Phi) is 6.42. The van der Waals surface area contributed by atoms with Crippen LogP contribution < -0.4 is 10.8 Å². The molecule has 0 aliphatic rings. The summed E-state index contributed by atoms with van der Waals surface area (Å²) in [5.41, 5.74) is 3.46. The molecule has 2 rings (SSSR count). The second-order valence-electron chi connectivity index (χ2n) is 5.25. The minimum atomic E-state index is -1.68. The van der Waals surface area contributed by atoms with E-state index in [1.165, 1.54) is 12.5 Å². The second kappa shape index (κ2) is 8.75. The van der Waals surface area contributed by atoms with Crippen molar-refractivity contribution in [1.82, 2.24) is 15.9 Å². The van der Waals surface area contributed by atoms with Crippen LogP contribution in [0, 0.1) is 0 Å². The minimum Gasteiger partial charge on any atom is -0.357 e. The van der Waals surface area contributed by atoms with Crippen molar-refractivity contribution in [3.05, 3.63) is 60.2 Å². The average Bonchev–Trinajstić information content (AvgIpc) is 2.71. The fraction of sp³-hybridized carbons (Fsp3) is 0.167. The van der Waals surface area contributed by atoms with Gasteiger partial charge in [-0.3, -0.25) is 24.4 Å². The van der Waals surface area contributed by atoms with Crippen molar-refractivity contribution in [3.8, 4) is 11.1 Å². The van der Waals surface area contributed by atoms with Gasteiger partial charge in [0.15, 0.2) is 0 Å². The third kappa shape index (κ3) is 4.05. The molecule has 8 nitrogen and oxygen atoms in total. The summed E-state index contributed by atoms with van der Waals surface area (Å²) in [6.45, 7) is 0. The van der Waals surface area contributed by atoms with Crippen molar-refractivity contribution in [2.75, 3.05) is 14.2 Å². The molecule has 8 heteroatoms. The van der Waals surface area contributed by atoms with Gasteiger partial charge in [0.1, 0.15) is 0 Å². The van der Waals surface area contributed by atoms with Gasteiger partial charge in [0.05, 0.1) is 7.11 Å². The number of nitrogens with zero attached hydrogens (tertiary/aromatic N) is 1. The van der Waals surface area contributed by atoms with Crippen molar-refractivity contribution in [3.63, 3.8) is 0 Å². The van der Waals surface area contributed by atoms with Gasteiger partial charge in [0.2, 0.25) is 6.04 Å². The van der Waals surface area contributed by atoms with Crippen molar-refractivity contribution < 1.29 is 24.4 Å². The highest BCUT2D eigenvalue weighted by Gasteiger charge is 2.36. The van der Waals surface area contributed by atoms with E-state index < -0.39 is 23.8 Å². The van der Waals surface area contributed by atoms with Crippen LogP contribution in [0.15, 0.2) is 54.6 Å². The maximum absolute atomic E-state index is 12.7. The number of nitrogens with one attached hydrogen (secondary N) is 2. The van der Waals surface area contributed by atoms with E-state index in [4.69, 9.17) is 10.0 Å². The Morgan fingerprint density at radius 3 is 2.04 bits per heavy atom. The molecule has 26 heavy (non-hydrogen) atoms. The quantitative estimate of drug-likeness (QED) is 0.406. The molecule has 0 spiro atoms.